The van der Waals surface area contributed by atoms with Gasteiger partial charge in [0, 0.05) is 24.0 Å². The highest BCUT2D eigenvalue weighted by Gasteiger charge is 2.07. The fraction of sp³-hybridized carbons (Fsp3) is 0.273. The van der Waals surface area contributed by atoms with Gasteiger partial charge in [-0.05, 0) is 56.9 Å². The number of para-hydroxylation sites is 1. The Balaban J connectivity index is 1.58. The van der Waals surface area contributed by atoms with Crippen LogP contribution >= 0.6 is 0 Å². The Morgan fingerprint density at radius 1 is 1.00 bits per heavy atom. The molecule has 29 heavy (non-hydrogen) atoms. The molecule has 3 N–H and O–H groups in total. The minimum absolute atomic E-state index is 0.255. The van der Waals surface area contributed by atoms with Gasteiger partial charge >= 0.3 is 0 Å². The van der Waals surface area contributed by atoms with Gasteiger partial charge in [-0.1, -0.05) is 18.2 Å². The van der Waals surface area contributed by atoms with Crippen molar-refractivity contribution in [2.45, 2.75) is 13.0 Å². The third-order valence-electron chi connectivity index (χ3n) is 4.22. The topological polar surface area (TPSA) is 82.5 Å². The molecule has 0 aliphatic rings. The van der Waals surface area contributed by atoms with Crippen LogP contribution in [-0.2, 0) is 0 Å². The van der Waals surface area contributed by atoms with Crippen LogP contribution < -0.4 is 15.4 Å². The molecule has 0 amide bonds. The number of aryl methyl sites for hydroxylation is 1. The van der Waals surface area contributed by atoms with Crippen molar-refractivity contribution in [3.8, 4) is 5.75 Å². The second kappa shape index (κ2) is 9.86. The van der Waals surface area contributed by atoms with Gasteiger partial charge in [0.1, 0.15) is 36.4 Å². The third-order valence-corrected chi connectivity index (χ3v) is 4.22. The number of hydrogen-bond donors (Lipinski definition) is 3. The maximum Gasteiger partial charge on any atom is 0.135 e. The normalized spacial score (nSPS) is 11.9. The van der Waals surface area contributed by atoms with Gasteiger partial charge in [0.15, 0.2) is 0 Å². The van der Waals surface area contributed by atoms with Crippen LogP contribution in [0.4, 0.5) is 23.0 Å². The van der Waals surface area contributed by atoms with Crippen LogP contribution in [0.5, 0.6) is 5.75 Å². The summed E-state index contributed by atoms with van der Waals surface area (Å²) in [6, 6.07) is 17.4. The largest absolute Gasteiger partial charge is 0.491 e. The minimum Gasteiger partial charge on any atom is -0.491 e. The van der Waals surface area contributed by atoms with E-state index in [0.717, 1.165) is 16.9 Å². The van der Waals surface area contributed by atoms with Gasteiger partial charge in [0.25, 0.3) is 0 Å². The van der Waals surface area contributed by atoms with E-state index in [4.69, 9.17) is 4.74 Å². The number of aliphatic hydroxyl groups is 1. The molecule has 0 bridgehead atoms. The lowest BCUT2D eigenvalue weighted by atomic mass is 10.2. The Bertz CT molecular complexity index is 915. The van der Waals surface area contributed by atoms with E-state index in [-0.39, 0.29) is 6.61 Å². The van der Waals surface area contributed by atoms with Crippen LogP contribution in [0, 0.1) is 6.92 Å². The minimum atomic E-state index is -0.525. The SMILES string of the molecule is Cc1ccccc1Nc1cc(Nc2ccc(OCC(O)CN(C)C)cc2)ncn1. The lowest BCUT2D eigenvalue weighted by Gasteiger charge is -2.16. The molecule has 0 aliphatic heterocycles. The Morgan fingerprint density at radius 2 is 1.69 bits per heavy atom. The lowest BCUT2D eigenvalue weighted by Crippen LogP contribution is -2.30. The number of anilines is 4. The average molecular weight is 393 g/mol. The fourth-order valence-corrected chi connectivity index (χ4v) is 2.79. The summed E-state index contributed by atoms with van der Waals surface area (Å²) in [5.41, 5.74) is 3.04. The van der Waals surface area contributed by atoms with Crippen LogP contribution in [0.3, 0.4) is 0 Å². The summed E-state index contributed by atoms with van der Waals surface area (Å²) in [4.78, 5) is 10.5. The van der Waals surface area contributed by atoms with E-state index in [0.29, 0.717) is 23.9 Å². The number of benzene rings is 2. The monoisotopic (exact) mass is 393 g/mol. The van der Waals surface area contributed by atoms with Crippen molar-refractivity contribution >= 4 is 23.0 Å². The molecule has 3 aromatic rings. The second-order valence-corrected chi connectivity index (χ2v) is 7.10. The Morgan fingerprint density at radius 3 is 2.38 bits per heavy atom. The molecule has 0 aliphatic carbocycles. The van der Waals surface area contributed by atoms with Crippen LogP contribution in [0.2, 0.25) is 0 Å². The lowest BCUT2D eigenvalue weighted by molar-refractivity contribution is 0.0831. The molecular weight excluding hydrogens is 366 g/mol. The van der Waals surface area contributed by atoms with E-state index in [9.17, 15) is 5.11 Å². The number of rotatable bonds is 9. The highest BCUT2D eigenvalue weighted by molar-refractivity contribution is 5.64. The smallest absolute Gasteiger partial charge is 0.135 e. The first-order valence-corrected chi connectivity index (χ1v) is 9.47. The van der Waals surface area contributed by atoms with Crippen molar-refractivity contribution in [2.24, 2.45) is 0 Å². The van der Waals surface area contributed by atoms with Crippen molar-refractivity contribution in [1.82, 2.24) is 14.9 Å². The van der Waals surface area contributed by atoms with Crippen LogP contribution in [0.25, 0.3) is 0 Å². The van der Waals surface area contributed by atoms with Gasteiger partial charge in [-0.2, -0.15) is 0 Å². The van der Waals surface area contributed by atoms with E-state index in [1.54, 1.807) is 0 Å². The van der Waals surface area contributed by atoms with Crippen molar-refractivity contribution in [2.75, 3.05) is 37.9 Å². The molecule has 0 saturated carbocycles. The first-order valence-electron chi connectivity index (χ1n) is 9.47. The quantitative estimate of drug-likeness (QED) is 0.513. The summed E-state index contributed by atoms with van der Waals surface area (Å²) in [6.45, 7) is 2.86. The van der Waals surface area contributed by atoms with E-state index in [1.165, 1.54) is 6.33 Å². The summed E-state index contributed by atoms with van der Waals surface area (Å²) in [7, 11) is 3.83. The first-order chi connectivity index (χ1) is 14.0. The number of hydrogen-bond acceptors (Lipinski definition) is 7. The molecule has 1 heterocycles. The Kier molecular flexibility index (Phi) is 6.99. The fourth-order valence-electron chi connectivity index (χ4n) is 2.79. The summed E-state index contributed by atoms with van der Waals surface area (Å²) >= 11 is 0. The molecule has 3 rings (SSSR count). The zero-order valence-corrected chi connectivity index (χ0v) is 17.0. The molecule has 1 unspecified atom stereocenters. The zero-order valence-electron chi connectivity index (χ0n) is 17.0. The predicted molar refractivity (Wildman–Crippen MR) is 116 cm³/mol. The summed E-state index contributed by atoms with van der Waals surface area (Å²) < 4.78 is 5.63. The number of nitrogens with zero attached hydrogens (tertiary/aromatic N) is 3. The number of aromatic nitrogens is 2. The maximum atomic E-state index is 9.88. The number of ether oxygens (including phenoxy) is 1. The van der Waals surface area contributed by atoms with E-state index in [1.807, 2.05) is 80.5 Å². The summed E-state index contributed by atoms with van der Waals surface area (Å²) in [5, 5.41) is 16.5. The summed E-state index contributed by atoms with van der Waals surface area (Å²) in [5.74, 6) is 2.11. The van der Waals surface area contributed by atoms with Crippen LogP contribution in [0.1, 0.15) is 5.56 Å². The molecule has 7 heteroatoms. The van der Waals surface area contributed by atoms with Crippen molar-refractivity contribution < 1.29 is 9.84 Å². The zero-order chi connectivity index (χ0) is 20.6. The van der Waals surface area contributed by atoms with Crippen LogP contribution in [-0.4, -0.2) is 53.3 Å². The standard InChI is InChI=1S/C22H27N5O2/c1-16-6-4-5-7-20(16)26-22-12-21(23-15-24-22)25-17-8-10-19(11-9-17)29-14-18(28)13-27(2)3/h4-12,15,18,28H,13-14H2,1-3H3,(H2,23,24,25,26). The number of nitrogens with one attached hydrogen (secondary N) is 2. The Labute approximate surface area is 171 Å². The van der Waals surface area contributed by atoms with Crippen molar-refractivity contribution in [3.63, 3.8) is 0 Å². The van der Waals surface area contributed by atoms with E-state index >= 15 is 0 Å². The highest BCUT2D eigenvalue weighted by atomic mass is 16.5. The molecule has 2 aromatic carbocycles. The first kappa shape index (κ1) is 20.6. The van der Waals surface area contributed by atoms with Crippen LogP contribution in [0.15, 0.2) is 60.9 Å². The van der Waals surface area contributed by atoms with Gasteiger partial charge < -0.3 is 25.4 Å². The van der Waals surface area contributed by atoms with Gasteiger partial charge in [-0.25, -0.2) is 9.97 Å². The molecule has 0 spiro atoms. The molecule has 0 radical (unpaired) electrons. The highest BCUT2D eigenvalue weighted by Crippen LogP contribution is 2.22. The average Bonchev–Trinajstić information content (AvgIpc) is 2.69. The molecule has 0 fully saturated rings. The van der Waals surface area contributed by atoms with Gasteiger partial charge in [-0.3, -0.25) is 0 Å². The van der Waals surface area contributed by atoms with E-state index < -0.39 is 6.10 Å². The Hall–Kier alpha value is -3.16. The third kappa shape index (κ3) is 6.44. The maximum absolute atomic E-state index is 9.88. The number of likely N-dealkylation sites (N-methyl/N-ethyl adjacent to an activating group) is 1. The van der Waals surface area contributed by atoms with Crippen molar-refractivity contribution in [1.29, 1.82) is 0 Å². The van der Waals surface area contributed by atoms with E-state index in [2.05, 4.69) is 20.6 Å². The van der Waals surface area contributed by atoms with Gasteiger partial charge in [-0.15, -0.1) is 0 Å². The summed E-state index contributed by atoms with van der Waals surface area (Å²) in [6.07, 6.45) is 0.995. The van der Waals surface area contributed by atoms with Gasteiger partial charge in [0.2, 0.25) is 0 Å². The predicted octanol–water partition coefficient (Wildman–Crippen LogP) is 3.57. The second-order valence-electron chi connectivity index (χ2n) is 7.10. The number of aliphatic hydroxyl groups excluding tert-OH is 1. The molecule has 7 nitrogen and oxygen atoms in total. The molecule has 1 aromatic heterocycles. The van der Waals surface area contributed by atoms with Gasteiger partial charge in [0.05, 0.1) is 0 Å². The molecule has 1 atom stereocenters. The molecule has 0 saturated heterocycles. The molecular formula is C22H27N5O2. The van der Waals surface area contributed by atoms with Crippen molar-refractivity contribution in [3.05, 3.63) is 66.5 Å². The molecule has 152 valence electrons.